The molecule has 0 spiro atoms. The Hall–Kier alpha value is -1.72. The number of pyridine rings is 2. The second-order valence-electron chi connectivity index (χ2n) is 3.80. The molecule has 0 saturated heterocycles. The Labute approximate surface area is 91.9 Å². The molecule has 16 heavy (non-hydrogen) atoms. The minimum absolute atomic E-state index is 0.151. The van der Waals surface area contributed by atoms with Crippen LogP contribution in [0.5, 0.6) is 0 Å². The summed E-state index contributed by atoms with van der Waals surface area (Å²) in [6.45, 7) is 3.76. The largest absolute Gasteiger partial charge is 0.374 e. The lowest BCUT2D eigenvalue weighted by atomic mass is 10.1. The van der Waals surface area contributed by atoms with E-state index >= 15 is 0 Å². The maximum Gasteiger partial charge on any atom is 0.198 e. The topological polar surface area (TPSA) is 92.0 Å². The minimum atomic E-state index is -1.27. The van der Waals surface area contributed by atoms with Gasteiger partial charge in [-0.1, -0.05) is 0 Å². The van der Waals surface area contributed by atoms with Gasteiger partial charge in [0.05, 0.1) is 10.9 Å². The van der Waals surface area contributed by atoms with Gasteiger partial charge in [0.15, 0.2) is 5.43 Å². The number of hydrogen-bond acceptors (Lipinski definition) is 4. The Bertz CT molecular complexity index is 602. The number of hydrogen-bond donors (Lipinski definition) is 3. The highest BCUT2D eigenvalue weighted by atomic mass is 16.3. The van der Waals surface area contributed by atoms with Crippen LogP contribution < -0.4 is 11.2 Å². The molecule has 0 amide bonds. The first-order valence-corrected chi connectivity index (χ1v) is 4.94. The summed E-state index contributed by atoms with van der Waals surface area (Å²) in [5.74, 6) is 0. The Morgan fingerprint density at radius 3 is 2.81 bits per heavy atom. The van der Waals surface area contributed by atoms with Crippen LogP contribution in [0.15, 0.2) is 17.1 Å². The van der Waals surface area contributed by atoms with E-state index in [1.165, 1.54) is 6.20 Å². The molecule has 2 aromatic rings. The van der Waals surface area contributed by atoms with Gasteiger partial charge in [-0.2, -0.15) is 0 Å². The fraction of sp³-hybridized carbons (Fsp3) is 0.273. The Morgan fingerprint density at radius 2 is 2.19 bits per heavy atom. The lowest BCUT2D eigenvalue weighted by molar-refractivity contribution is 0.185. The van der Waals surface area contributed by atoms with Crippen LogP contribution in [0, 0.1) is 13.8 Å². The molecule has 0 fully saturated rings. The number of fused-ring (bicyclic) bond motifs is 1. The van der Waals surface area contributed by atoms with Crippen molar-refractivity contribution in [2.24, 2.45) is 5.73 Å². The second-order valence-corrected chi connectivity index (χ2v) is 3.80. The SMILES string of the molecule is Cc1cc2c(=O)c(C(N)O)c[nH]c2nc1C. The molecule has 84 valence electrons. The zero-order chi connectivity index (χ0) is 11.9. The summed E-state index contributed by atoms with van der Waals surface area (Å²) in [6.07, 6.45) is 0.131. The van der Waals surface area contributed by atoms with Crippen LogP contribution in [0.4, 0.5) is 0 Å². The summed E-state index contributed by atoms with van der Waals surface area (Å²) >= 11 is 0. The van der Waals surface area contributed by atoms with Crippen LogP contribution in [-0.4, -0.2) is 15.1 Å². The predicted molar refractivity (Wildman–Crippen MR) is 61.0 cm³/mol. The van der Waals surface area contributed by atoms with Crippen LogP contribution >= 0.6 is 0 Å². The number of aromatic amines is 1. The molecule has 0 bridgehead atoms. The van der Waals surface area contributed by atoms with Crippen molar-refractivity contribution in [3.63, 3.8) is 0 Å². The average Bonchev–Trinajstić information content (AvgIpc) is 2.21. The molecule has 2 heterocycles. The summed E-state index contributed by atoms with van der Waals surface area (Å²) in [5.41, 5.74) is 7.47. The molecule has 0 aliphatic rings. The van der Waals surface area contributed by atoms with E-state index in [-0.39, 0.29) is 11.0 Å². The molecular weight excluding hydrogens is 206 g/mol. The Balaban J connectivity index is 2.85. The first-order valence-electron chi connectivity index (χ1n) is 4.94. The third-order valence-electron chi connectivity index (χ3n) is 2.66. The molecule has 0 aliphatic carbocycles. The predicted octanol–water partition coefficient (Wildman–Crippen LogP) is 0.490. The number of aromatic nitrogens is 2. The van der Waals surface area contributed by atoms with Gasteiger partial charge >= 0.3 is 0 Å². The van der Waals surface area contributed by atoms with Crippen molar-refractivity contribution in [1.82, 2.24) is 9.97 Å². The van der Waals surface area contributed by atoms with Gasteiger partial charge in [-0.3, -0.25) is 4.79 Å². The van der Waals surface area contributed by atoms with Gasteiger partial charge in [-0.15, -0.1) is 0 Å². The van der Waals surface area contributed by atoms with Crippen molar-refractivity contribution >= 4 is 11.0 Å². The Kier molecular flexibility index (Phi) is 2.49. The summed E-state index contributed by atoms with van der Waals surface area (Å²) in [4.78, 5) is 19.1. The smallest absolute Gasteiger partial charge is 0.198 e. The van der Waals surface area contributed by atoms with Crippen molar-refractivity contribution < 1.29 is 5.11 Å². The highest BCUT2D eigenvalue weighted by Gasteiger charge is 2.11. The van der Waals surface area contributed by atoms with Crippen molar-refractivity contribution in [3.05, 3.63) is 39.3 Å². The molecule has 5 heteroatoms. The average molecular weight is 219 g/mol. The van der Waals surface area contributed by atoms with Gasteiger partial charge in [0.2, 0.25) is 0 Å². The number of aliphatic hydroxyl groups is 1. The van der Waals surface area contributed by atoms with Gasteiger partial charge in [-0.25, -0.2) is 4.98 Å². The number of nitrogens with two attached hydrogens (primary N) is 1. The van der Waals surface area contributed by atoms with Gasteiger partial charge in [-0.05, 0) is 25.5 Å². The lowest BCUT2D eigenvalue weighted by Crippen LogP contribution is -2.20. The van der Waals surface area contributed by atoms with E-state index in [9.17, 15) is 9.90 Å². The molecule has 0 aromatic carbocycles. The first-order chi connectivity index (χ1) is 7.50. The van der Waals surface area contributed by atoms with E-state index in [2.05, 4.69) is 9.97 Å². The van der Waals surface area contributed by atoms with Crippen LogP contribution in [0.2, 0.25) is 0 Å². The molecule has 2 rings (SSSR count). The third-order valence-corrected chi connectivity index (χ3v) is 2.66. The van der Waals surface area contributed by atoms with Crippen molar-refractivity contribution in [2.75, 3.05) is 0 Å². The summed E-state index contributed by atoms with van der Waals surface area (Å²) in [5, 5.41) is 9.67. The number of aryl methyl sites for hydroxylation is 2. The van der Waals surface area contributed by atoms with E-state index in [0.29, 0.717) is 11.0 Å². The highest BCUT2D eigenvalue weighted by Crippen LogP contribution is 2.12. The minimum Gasteiger partial charge on any atom is -0.374 e. The van der Waals surface area contributed by atoms with Crippen LogP contribution in [0.25, 0.3) is 11.0 Å². The zero-order valence-corrected chi connectivity index (χ0v) is 9.11. The van der Waals surface area contributed by atoms with E-state index in [1.54, 1.807) is 6.07 Å². The van der Waals surface area contributed by atoms with Crippen LogP contribution in [0.1, 0.15) is 23.0 Å². The van der Waals surface area contributed by atoms with Gasteiger partial charge in [0, 0.05) is 11.9 Å². The maximum absolute atomic E-state index is 11.9. The van der Waals surface area contributed by atoms with Crippen molar-refractivity contribution in [3.8, 4) is 0 Å². The highest BCUT2D eigenvalue weighted by molar-refractivity contribution is 5.76. The number of aliphatic hydroxyl groups excluding tert-OH is 1. The molecule has 0 radical (unpaired) electrons. The van der Waals surface area contributed by atoms with Gasteiger partial charge < -0.3 is 15.8 Å². The summed E-state index contributed by atoms with van der Waals surface area (Å²) in [7, 11) is 0. The van der Waals surface area contributed by atoms with E-state index in [1.807, 2.05) is 13.8 Å². The van der Waals surface area contributed by atoms with Gasteiger partial charge in [0.25, 0.3) is 0 Å². The fourth-order valence-corrected chi connectivity index (χ4v) is 1.58. The van der Waals surface area contributed by atoms with Gasteiger partial charge in [0.1, 0.15) is 11.9 Å². The molecule has 1 unspecified atom stereocenters. The maximum atomic E-state index is 11.9. The molecule has 2 aromatic heterocycles. The molecule has 5 nitrogen and oxygen atoms in total. The molecular formula is C11H13N3O2. The zero-order valence-electron chi connectivity index (χ0n) is 9.11. The second kappa shape index (κ2) is 3.70. The molecule has 0 aliphatic heterocycles. The summed E-state index contributed by atoms with van der Waals surface area (Å²) in [6, 6.07) is 1.75. The lowest BCUT2D eigenvalue weighted by Gasteiger charge is -2.07. The van der Waals surface area contributed by atoms with Crippen molar-refractivity contribution in [2.45, 2.75) is 20.1 Å². The number of rotatable bonds is 1. The van der Waals surface area contributed by atoms with E-state index < -0.39 is 6.23 Å². The van der Waals surface area contributed by atoms with Crippen LogP contribution in [0.3, 0.4) is 0 Å². The fourth-order valence-electron chi connectivity index (χ4n) is 1.58. The van der Waals surface area contributed by atoms with E-state index in [4.69, 9.17) is 5.73 Å². The normalized spacial score (nSPS) is 13.0. The number of nitrogens with zero attached hydrogens (tertiary/aromatic N) is 1. The number of H-pyrrole nitrogens is 1. The number of nitrogens with one attached hydrogen (secondary N) is 1. The molecule has 0 saturated carbocycles. The summed E-state index contributed by atoms with van der Waals surface area (Å²) < 4.78 is 0. The van der Waals surface area contributed by atoms with Crippen LogP contribution in [-0.2, 0) is 0 Å². The Morgan fingerprint density at radius 1 is 1.50 bits per heavy atom. The first kappa shape index (κ1) is 10.8. The molecule has 1 atom stereocenters. The third kappa shape index (κ3) is 1.60. The van der Waals surface area contributed by atoms with E-state index in [0.717, 1.165) is 11.3 Å². The standard InChI is InChI=1S/C11H13N3O2/c1-5-3-7-9(15)8(10(12)16)4-13-11(7)14-6(5)2/h3-4,10,16H,12H2,1-2H3,(H,13,14,15). The van der Waals surface area contributed by atoms with Crippen molar-refractivity contribution in [1.29, 1.82) is 0 Å². The molecule has 4 N–H and O–H groups in total. The monoisotopic (exact) mass is 219 g/mol. The quantitative estimate of drug-likeness (QED) is 0.608.